The predicted molar refractivity (Wildman–Crippen MR) is 56.2 cm³/mol. The lowest BCUT2D eigenvalue weighted by molar-refractivity contribution is -0.757. The minimum Gasteiger partial charge on any atom is -0.354 e. The second-order valence-corrected chi connectivity index (χ2v) is 3.93. The van der Waals surface area contributed by atoms with E-state index in [1.54, 1.807) is 0 Å². The van der Waals surface area contributed by atoms with Crippen molar-refractivity contribution in [1.82, 2.24) is 10.2 Å². The van der Waals surface area contributed by atoms with E-state index in [9.17, 15) is 14.9 Å². The number of piperidine rings is 1. The third-order valence-electron chi connectivity index (χ3n) is 2.69. The summed E-state index contributed by atoms with van der Waals surface area (Å²) in [6.07, 6.45) is 1.69. The highest BCUT2D eigenvalue weighted by Gasteiger charge is 2.22. The second kappa shape index (κ2) is 6.26. The van der Waals surface area contributed by atoms with E-state index in [1.165, 1.54) is 0 Å². The van der Waals surface area contributed by atoms with Crippen LogP contribution in [0.5, 0.6) is 0 Å². The molecule has 7 nitrogen and oxygen atoms in total. The highest BCUT2D eigenvalue weighted by atomic mass is 16.9. The van der Waals surface area contributed by atoms with Crippen LogP contribution in [0, 0.1) is 16.0 Å². The Morgan fingerprint density at radius 3 is 2.75 bits per heavy atom. The van der Waals surface area contributed by atoms with Crippen molar-refractivity contribution < 1.29 is 14.7 Å². The first-order valence-electron chi connectivity index (χ1n) is 5.33. The largest absolute Gasteiger partial charge is 0.354 e. The molecule has 0 aromatic carbocycles. The number of nitrogens with one attached hydrogen (secondary N) is 1. The first-order chi connectivity index (χ1) is 7.59. The van der Waals surface area contributed by atoms with Crippen LogP contribution in [0.2, 0.25) is 0 Å². The molecule has 7 heteroatoms. The standard InChI is InChI=1S/C9H17N3O4/c1-11-5-2-8(3-6-11)9(13)10-4-7-16-12(14)15/h8H,2-7H2,1H3,(H,10,13). The maximum atomic E-state index is 11.6. The Morgan fingerprint density at radius 1 is 1.56 bits per heavy atom. The van der Waals surface area contributed by atoms with Gasteiger partial charge >= 0.3 is 0 Å². The normalized spacial score (nSPS) is 18.1. The minimum absolute atomic E-state index is 0.0277. The third-order valence-corrected chi connectivity index (χ3v) is 2.69. The summed E-state index contributed by atoms with van der Waals surface area (Å²) in [5, 5.41) is 11.6. The van der Waals surface area contributed by atoms with Crippen molar-refractivity contribution in [2.45, 2.75) is 12.8 Å². The van der Waals surface area contributed by atoms with Gasteiger partial charge in [0.15, 0.2) is 0 Å². The number of carbonyl (C=O) groups excluding carboxylic acids is 1. The lowest BCUT2D eigenvalue weighted by Crippen LogP contribution is -2.40. The van der Waals surface area contributed by atoms with E-state index >= 15 is 0 Å². The molecule has 16 heavy (non-hydrogen) atoms. The van der Waals surface area contributed by atoms with Gasteiger partial charge in [0.2, 0.25) is 5.91 Å². The number of rotatable bonds is 5. The molecule has 1 amide bonds. The fourth-order valence-corrected chi connectivity index (χ4v) is 1.71. The molecule has 1 saturated heterocycles. The van der Waals surface area contributed by atoms with Crippen LogP contribution in [-0.4, -0.2) is 49.2 Å². The molecule has 1 aliphatic heterocycles. The highest BCUT2D eigenvalue weighted by Crippen LogP contribution is 2.15. The first-order valence-corrected chi connectivity index (χ1v) is 5.33. The average Bonchev–Trinajstić information content (AvgIpc) is 2.25. The van der Waals surface area contributed by atoms with Gasteiger partial charge in [0.1, 0.15) is 6.61 Å². The zero-order chi connectivity index (χ0) is 12.0. The van der Waals surface area contributed by atoms with Crippen molar-refractivity contribution in [2.75, 3.05) is 33.3 Å². The Morgan fingerprint density at radius 2 is 2.19 bits per heavy atom. The summed E-state index contributed by atoms with van der Waals surface area (Å²) in [5.41, 5.74) is 0. The molecule has 1 aliphatic rings. The van der Waals surface area contributed by atoms with E-state index < -0.39 is 5.09 Å². The van der Waals surface area contributed by atoms with E-state index in [2.05, 4.69) is 15.1 Å². The predicted octanol–water partition coefficient (Wildman–Crippen LogP) is -0.347. The number of likely N-dealkylation sites (tertiary alicyclic amines) is 1. The number of carbonyl (C=O) groups is 1. The van der Waals surface area contributed by atoms with E-state index in [0.29, 0.717) is 0 Å². The number of amides is 1. The van der Waals surface area contributed by atoms with Crippen LogP contribution in [0.25, 0.3) is 0 Å². The summed E-state index contributed by atoms with van der Waals surface area (Å²) in [6.45, 7) is 1.94. The molecule has 0 aromatic heterocycles. The number of nitrogens with zero attached hydrogens (tertiary/aromatic N) is 2. The van der Waals surface area contributed by atoms with Gasteiger partial charge in [-0.2, -0.15) is 0 Å². The monoisotopic (exact) mass is 231 g/mol. The van der Waals surface area contributed by atoms with Crippen LogP contribution in [0.1, 0.15) is 12.8 Å². The smallest absolute Gasteiger partial charge is 0.294 e. The van der Waals surface area contributed by atoms with Gasteiger partial charge in [0.25, 0.3) is 5.09 Å². The summed E-state index contributed by atoms with van der Waals surface area (Å²) in [6, 6.07) is 0. The molecule has 0 saturated carbocycles. The van der Waals surface area contributed by atoms with Crippen molar-refractivity contribution in [2.24, 2.45) is 5.92 Å². The summed E-state index contributed by atoms with van der Waals surface area (Å²) in [7, 11) is 2.03. The fraction of sp³-hybridized carbons (Fsp3) is 0.889. The molecule has 1 N–H and O–H groups in total. The quantitative estimate of drug-likeness (QED) is 0.397. The van der Waals surface area contributed by atoms with E-state index in [0.717, 1.165) is 25.9 Å². The molecule has 92 valence electrons. The molecule has 0 spiro atoms. The van der Waals surface area contributed by atoms with Crippen LogP contribution in [-0.2, 0) is 9.63 Å². The zero-order valence-corrected chi connectivity index (χ0v) is 9.35. The van der Waals surface area contributed by atoms with Crippen LogP contribution in [0.15, 0.2) is 0 Å². The maximum Gasteiger partial charge on any atom is 0.294 e. The molecule has 1 fully saturated rings. The van der Waals surface area contributed by atoms with Crippen LogP contribution < -0.4 is 5.32 Å². The zero-order valence-electron chi connectivity index (χ0n) is 9.35. The SMILES string of the molecule is CN1CCC(C(=O)NCCO[N+](=O)[O-])CC1. The summed E-state index contributed by atoms with van der Waals surface area (Å²) >= 11 is 0. The third kappa shape index (κ3) is 4.43. The molecule has 0 aromatic rings. The molecule has 0 atom stereocenters. The summed E-state index contributed by atoms with van der Waals surface area (Å²) in [5.74, 6) is 0.00635. The molecule has 1 heterocycles. The fourth-order valence-electron chi connectivity index (χ4n) is 1.71. The summed E-state index contributed by atoms with van der Waals surface area (Å²) in [4.78, 5) is 27.7. The van der Waals surface area contributed by atoms with Crippen molar-refractivity contribution >= 4 is 5.91 Å². The minimum atomic E-state index is -0.859. The van der Waals surface area contributed by atoms with Crippen molar-refractivity contribution in [3.63, 3.8) is 0 Å². The van der Waals surface area contributed by atoms with Gasteiger partial charge in [0, 0.05) is 12.5 Å². The average molecular weight is 231 g/mol. The molecular weight excluding hydrogens is 214 g/mol. The van der Waals surface area contributed by atoms with Crippen molar-refractivity contribution in [3.8, 4) is 0 Å². The lowest BCUT2D eigenvalue weighted by atomic mass is 9.96. The maximum absolute atomic E-state index is 11.6. The molecule has 0 radical (unpaired) electrons. The first kappa shape index (κ1) is 12.7. The van der Waals surface area contributed by atoms with Gasteiger partial charge in [-0.1, -0.05) is 0 Å². The van der Waals surface area contributed by atoms with Gasteiger partial charge in [-0.25, -0.2) is 0 Å². The van der Waals surface area contributed by atoms with Gasteiger partial charge in [-0.15, -0.1) is 10.1 Å². The number of hydrogen-bond acceptors (Lipinski definition) is 5. The van der Waals surface area contributed by atoms with Gasteiger partial charge < -0.3 is 15.1 Å². The van der Waals surface area contributed by atoms with Crippen LogP contribution in [0.4, 0.5) is 0 Å². The highest BCUT2D eigenvalue weighted by molar-refractivity contribution is 5.78. The Hall–Kier alpha value is -1.37. The molecule has 0 aliphatic carbocycles. The molecule has 0 unspecified atom stereocenters. The van der Waals surface area contributed by atoms with Crippen LogP contribution in [0.3, 0.4) is 0 Å². The van der Waals surface area contributed by atoms with E-state index in [4.69, 9.17) is 0 Å². The second-order valence-electron chi connectivity index (χ2n) is 3.93. The van der Waals surface area contributed by atoms with Crippen molar-refractivity contribution in [1.29, 1.82) is 0 Å². The Kier molecular flexibility index (Phi) is 4.97. The Labute approximate surface area is 93.8 Å². The lowest BCUT2D eigenvalue weighted by Gasteiger charge is -2.27. The van der Waals surface area contributed by atoms with Gasteiger partial charge in [-0.3, -0.25) is 4.79 Å². The Bertz CT molecular complexity index is 251. The van der Waals surface area contributed by atoms with Crippen molar-refractivity contribution in [3.05, 3.63) is 10.1 Å². The van der Waals surface area contributed by atoms with Gasteiger partial charge in [0.05, 0.1) is 0 Å². The number of hydrogen-bond donors (Lipinski definition) is 1. The molecule has 1 rings (SSSR count). The Balaban J connectivity index is 2.12. The molecule has 0 bridgehead atoms. The topological polar surface area (TPSA) is 84.7 Å². The van der Waals surface area contributed by atoms with Gasteiger partial charge in [-0.05, 0) is 33.0 Å². The molecular formula is C9H17N3O4. The van der Waals surface area contributed by atoms with Crippen LogP contribution >= 0.6 is 0 Å². The summed E-state index contributed by atoms with van der Waals surface area (Å²) < 4.78 is 0. The van der Waals surface area contributed by atoms with E-state index in [1.807, 2.05) is 7.05 Å². The van der Waals surface area contributed by atoms with E-state index in [-0.39, 0.29) is 25.0 Å².